The molecule has 0 saturated carbocycles. The number of rotatable bonds is 5. The van der Waals surface area contributed by atoms with Gasteiger partial charge < -0.3 is 8.98 Å². The Morgan fingerprint density at radius 3 is 2.77 bits per heavy atom. The van der Waals surface area contributed by atoms with E-state index >= 15 is 0 Å². The Bertz CT molecular complexity index is 1090. The summed E-state index contributed by atoms with van der Waals surface area (Å²) >= 11 is 4.83. The average molecular weight is 428 g/mol. The minimum atomic E-state index is 0.0636. The molecule has 0 saturated heterocycles. The van der Waals surface area contributed by atoms with E-state index < -0.39 is 0 Å². The SMILES string of the molecule is Cn1c(SCC(=O)c2ccccc2)nnc1-c1cc2cc(Br)ccc2o1. The Morgan fingerprint density at radius 1 is 1.15 bits per heavy atom. The number of fused-ring (bicyclic) bond motifs is 1. The van der Waals surface area contributed by atoms with Crippen molar-refractivity contribution in [2.75, 3.05) is 5.75 Å². The van der Waals surface area contributed by atoms with E-state index in [1.165, 1.54) is 11.8 Å². The Hall–Kier alpha value is -2.38. The molecule has 2 aromatic carbocycles. The summed E-state index contributed by atoms with van der Waals surface area (Å²) in [7, 11) is 1.87. The predicted octanol–water partition coefficient (Wildman–Crippen LogP) is 4.97. The summed E-state index contributed by atoms with van der Waals surface area (Å²) in [4.78, 5) is 12.3. The van der Waals surface area contributed by atoms with E-state index in [-0.39, 0.29) is 5.78 Å². The topological polar surface area (TPSA) is 60.9 Å². The number of hydrogen-bond acceptors (Lipinski definition) is 5. The molecule has 7 heteroatoms. The second kappa shape index (κ2) is 7.09. The second-order valence-corrected chi connectivity index (χ2v) is 7.59. The lowest BCUT2D eigenvalue weighted by molar-refractivity contribution is 0.102. The molecule has 2 heterocycles. The molecule has 4 rings (SSSR count). The van der Waals surface area contributed by atoms with Gasteiger partial charge in [0.25, 0.3) is 0 Å². The van der Waals surface area contributed by atoms with Gasteiger partial charge in [0.1, 0.15) is 5.58 Å². The zero-order valence-corrected chi connectivity index (χ0v) is 16.3. The van der Waals surface area contributed by atoms with Crippen molar-refractivity contribution in [2.45, 2.75) is 5.16 Å². The van der Waals surface area contributed by atoms with Gasteiger partial charge in [0.05, 0.1) is 5.75 Å². The van der Waals surface area contributed by atoms with Gasteiger partial charge in [-0.05, 0) is 24.3 Å². The molecule has 0 aliphatic carbocycles. The minimum absolute atomic E-state index is 0.0636. The van der Waals surface area contributed by atoms with Crippen molar-refractivity contribution in [2.24, 2.45) is 7.05 Å². The third kappa shape index (κ3) is 3.32. The number of aromatic nitrogens is 3. The minimum Gasteiger partial charge on any atom is -0.453 e. The fraction of sp³-hybridized carbons (Fsp3) is 0.105. The number of benzene rings is 2. The molecule has 0 atom stereocenters. The van der Waals surface area contributed by atoms with Crippen molar-refractivity contribution in [3.8, 4) is 11.6 Å². The number of ketones is 1. The zero-order valence-electron chi connectivity index (χ0n) is 13.8. The van der Waals surface area contributed by atoms with Crippen LogP contribution in [0, 0.1) is 0 Å². The van der Waals surface area contributed by atoms with Crippen LogP contribution in [0.5, 0.6) is 0 Å². The summed E-state index contributed by atoms with van der Waals surface area (Å²) in [6.45, 7) is 0. The summed E-state index contributed by atoms with van der Waals surface area (Å²) < 4.78 is 8.71. The van der Waals surface area contributed by atoms with E-state index in [2.05, 4.69) is 26.1 Å². The zero-order chi connectivity index (χ0) is 18.1. The molecule has 130 valence electrons. The highest BCUT2D eigenvalue weighted by molar-refractivity contribution is 9.10. The summed E-state index contributed by atoms with van der Waals surface area (Å²) in [5.74, 6) is 1.65. The maximum absolute atomic E-state index is 12.3. The summed E-state index contributed by atoms with van der Waals surface area (Å²) in [5, 5.41) is 10.1. The van der Waals surface area contributed by atoms with Gasteiger partial charge in [0, 0.05) is 22.5 Å². The maximum Gasteiger partial charge on any atom is 0.200 e. The van der Waals surface area contributed by atoms with Crippen LogP contribution in [0.25, 0.3) is 22.6 Å². The molecule has 0 fully saturated rings. The molecule has 0 unspecified atom stereocenters. The molecule has 4 aromatic rings. The highest BCUT2D eigenvalue weighted by Gasteiger charge is 2.17. The molecule has 26 heavy (non-hydrogen) atoms. The predicted molar refractivity (Wildman–Crippen MR) is 105 cm³/mol. The first-order valence-electron chi connectivity index (χ1n) is 7.92. The third-order valence-corrected chi connectivity index (χ3v) is 5.48. The van der Waals surface area contributed by atoms with Crippen LogP contribution in [0.2, 0.25) is 0 Å². The number of halogens is 1. The van der Waals surface area contributed by atoms with Crippen molar-refractivity contribution < 1.29 is 9.21 Å². The number of furan rings is 1. The van der Waals surface area contributed by atoms with Crippen molar-refractivity contribution in [1.82, 2.24) is 14.8 Å². The molecular formula is C19H14BrN3O2S. The number of nitrogens with zero attached hydrogens (tertiary/aromatic N) is 3. The molecule has 0 aliphatic rings. The number of carbonyl (C=O) groups excluding carboxylic acids is 1. The summed E-state index contributed by atoms with van der Waals surface area (Å²) in [5.41, 5.74) is 1.49. The second-order valence-electron chi connectivity index (χ2n) is 5.74. The highest BCUT2D eigenvalue weighted by Crippen LogP contribution is 2.30. The largest absolute Gasteiger partial charge is 0.453 e. The van der Waals surface area contributed by atoms with Crippen LogP contribution >= 0.6 is 27.7 Å². The first-order valence-corrected chi connectivity index (χ1v) is 9.69. The standard InChI is InChI=1S/C19H14BrN3O2S/c1-23-18(17-10-13-9-14(20)7-8-16(13)25-17)21-22-19(23)26-11-15(24)12-5-3-2-4-6-12/h2-10H,11H2,1H3. The van der Waals surface area contributed by atoms with Crippen LogP contribution < -0.4 is 0 Å². The van der Waals surface area contributed by atoms with E-state index in [0.717, 1.165) is 15.4 Å². The molecular weight excluding hydrogens is 414 g/mol. The first-order chi connectivity index (χ1) is 12.6. The van der Waals surface area contributed by atoms with Crippen LogP contribution in [0.3, 0.4) is 0 Å². The number of carbonyl (C=O) groups is 1. The summed E-state index contributed by atoms with van der Waals surface area (Å²) in [6, 6.07) is 17.0. The van der Waals surface area contributed by atoms with Gasteiger partial charge in [0.15, 0.2) is 22.5 Å². The number of hydrogen-bond donors (Lipinski definition) is 0. The van der Waals surface area contributed by atoms with Crippen LogP contribution in [0.15, 0.2) is 68.6 Å². The molecule has 2 aromatic heterocycles. The Labute approximate surface area is 162 Å². The van der Waals surface area contributed by atoms with E-state index in [1.807, 2.05) is 66.2 Å². The van der Waals surface area contributed by atoms with Gasteiger partial charge in [-0.15, -0.1) is 10.2 Å². The lowest BCUT2D eigenvalue weighted by Gasteiger charge is -2.02. The summed E-state index contributed by atoms with van der Waals surface area (Å²) in [6.07, 6.45) is 0. The highest BCUT2D eigenvalue weighted by atomic mass is 79.9. The lowest BCUT2D eigenvalue weighted by Crippen LogP contribution is -2.03. The van der Waals surface area contributed by atoms with Crippen LogP contribution in [0.1, 0.15) is 10.4 Å². The van der Waals surface area contributed by atoms with E-state index in [9.17, 15) is 4.79 Å². The fourth-order valence-electron chi connectivity index (χ4n) is 2.62. The average Bonchev–Trinajstić information content (AvgIpc) is 3.23. The van der Waals surface area contributed by atoms with Gasteiger partial charge in [-0.2, -0.15) is 0 Å². The smallest absolute Gasteiger partial charge is 0.200 e. The third-order valence-electron chi connectivity index (χ3n) is 3.96. The first kappa shape index (κ1) is 17.1. The van der Waals surface area contributed by atoms with Crippen molar-refractivity contribution >= 4 is 44.4 Å². The lowest BCUT2D eigenvalue weighted by atomic mass is 10.2. The molecule has 0 aliphatic heterocycles. The van der Waals surface area contributed by atoms with E-state index in [1.54, 1.807) is 0 Å². The van der Waals surface area contributed by atoms with Gasteiger partial charge in [-0.1, -0.05) is 58.0 Å². The van der Waals surface area contributed by atoms with Crippen LogP contribution in [0.4, 0.5) is 0 Å². The molecule has 0 spiro atoms. The van der Waals surface area contributed by atoms with E-state index in [0.29, 0.717) is 28.1 Å². The Morgan fingerprint density at radius 2 is 1.96 bits per heavy atom. The number of thioether (sulfide) groups is 1. The molecule has 0 bridgehead atoms. The van der Waals surface area contributed by atoms with Crippen LogP contribution in [-0.4, -0.2) is 26.3 Å². The molecule has 0 radical (unpaired) electrons. The van der Waals surface area contributed by atoms with E-state index in [4.69, 9.17) is 4.42 Å². The van der Waals surface area contributed by atoms with Gasteiger partial charge >= 0.3 is 0 Å². The maximum atomic E-state index is 12.3. The van der Waals surface area contributed by atoms with Gasteiger partial charge in [0.2, 0.25) is 0 Å². The molecule has 0 amide bonds. The van der Waals surface area contributed by atoms with Gasteiger partial charge in [-0.3, -0.25) is 4.79 Å². The van der Waals surface area contributed by atoms with Crippen LogP contribution in [-0.2, 0) is 7.05 Å². The van der Waals surface area contributed by atoms with Crippen molar-refractivity contribution in [3.63, 3.8) is 0 Å². The quantitative estimate of drug-likeness (QED) is 0.332. The number of Topliss-reactive ketones (excluding diaryl/α,β-unsaturated/α-hetero) is 1. The van der Waals surface area contributed by atoms with Gasteiger partial charge in [-0.25, -0.2) is 0 Å². The Balaban J connectivity index is 1.55. The Kier molecular flexibility index (Phi) is 4.65. The molecule has 0 N–H and O–H groups in total. The van der Waals surface area contributed by atoms with Crippen molar-refractivity contribution in [3.05, 3.63) is 64.6 Å². The fourth-order valence-corrected chi connectivity index (χ4v) is 3.80. The molecule has 5 nitrogen and oxygen atoms in total. The normalized spacial score (nSPS) is 11.2. The van der Waals surface area contributed by atoms with Crippen molar-refractivity contribution in [1.29, 1.82) is 0 Å². The monoisotopic (exact) mass is 427 g/mol.